The maximum atomic E-state index is 14.5. The van der Waals surface area contributed by atoms with Crippen molar-refractivity contribution in [3.8, 4) is 11.5 Å². The van der Waals surface area contributed by atoms with Crippen LogP contribution in [0.4, 0.5) is 27.6 Å². The molecule has 1 saturated carbocycles. The summed E-state index contributed by atoms with van der Waals surface area (Å²) in [5, 5.41) is 2.60. The van der Waals surface area contributed by atoms with Gasteiger partial charge in [-0.05, 0) is 103 Å². The monoisotopic (exact) mass is 531 g/mol. The molecular weight excluding hydrogens is 505 g/mol. The molecule has 1 saturated heterocycles. The Kier molecular flexibility index (Phi) is 6.90. The summed E-state index contributed by atoms with van der Waals surface area (Å²) in [4.78, 5) is 13.4. The molecule has 1 amide bonds. The van der Waals surface area contributed by atoms with Crippen molar-refractivity contribution in [3.63, 3.8) is 0 Å². The quantitative estimate of drug-likeness (QED) is 0.236. The van der Waals surface area contributed by atoms with Gasteiger partial charge in [0.05, 0.1) is 23.8 Å². The predicted octanol–water partition coefficient (Wildman–Crippen LogP) is 8.11. The molecule has 0 spiro atoms. The van der Waals surface area contributed by atoms with Gasteiger partial charge in [-0.1, -0.05) is 6.92 Å². The number of ether oxygens (including phenoxy) is 2. The average Bonchev–Trinajstić information content (AvgIpc) is 3.76. The second-order valence-corrected chi connectivity index (χ2v) is 10.0. The minimum absolute atomic E-state index is 0.0593. The van der Waals surface area contributed by atoms with Gasteiger partial charge in [0.2, 0.25) is 0 Å². The molecule has 1 heterocycles. The van der Waals surface area contributed by atoms with Crippen molar-refractivity contribution in [2.75, 3.05) is 11.9 Å². The highest BCUT2D eigenvalue weighted by Crippen LogP contribution is 2.48. The Hall–Kier alpha value is -3.46. The minimum Gasteiger partial charge on any atom is -0.456 e. The van der Waals surface area contributed by atoms with Crippen LogP contribution in [0.5, 0.6) is 11.5 Å². The van der Waals surface area contributed by atoms with Crippen molar-refractivity contribution < 1.29 is 36.2 Å². The van der Waals surface area contributed by atoms with E-state index in [4.69, 9.17) is 9.47 Å². The van der Waals surface area contributed by atoms with E-state index >= 15 is 0 Å². The lowest BCUT2D eigenvalue weighted by Crippen LogP contribution is -2.17. The highest BCUT2D eigenvalue weighted by atomic mass is 19.4. The highest BCUT2D eigenvalue weighted by molar-refractivity contribution is 6.06. The summed E-state index contributed by atoms with van der Waals surface area (Å²) in [6, 6.07) is 9.86. The topological polar surface area (TPSA) is 50.9 Å². The van der Waals surface area contributed by atoms with Gasteiger partial charge < -0.3 is 14.8 Å². The number of carbonyl (C=O) groups is 1. The molecule has 38 heavy (non-hydrogen) atoms. The summed E-state index contributed by atoms with van der Waals surface area (Å²) in [7, 11) is 0. The third kappa shape index (κ3) is 5.83. The molecule has 1 aliphatic carbocycles. The lowest BCUT2D eigenvalue weighted by molar-refractivity contribution is -0.138. The number of halogens is 5. The molecule has 3 aromatic rings. The summed E-state index contributed by atoms with van der Waals surface area (Å²) in [5.74, 6) is -2.11. The zero-order chi connectivity index (χ0) is 27.2. The molecule has 4 nitrogen and oxygen atoms in total. The Balaban J connectivity index is 1.51. The zero-order valence-electron chi connectivity index (χ0n) is 20.8. The summed E-state index contributed by atoms with van der Waals surface area (Å²) < 4.78 is 81.3. The summed E-state index contributed by atoms with van der Waals surface area (Å²) in [5.41, 5.74) is -0.151. The van der Waals surface area contributed by atoms with Crippen molar-refractivity contribution >= 4 is 11.6 Å². The number of epoxide rings is 1. The van der Waals surface area contributed by atoms with E-state index in [2.05, 4.69) is 5.32 Å². The van der Waals surface area contributed by atoms with E-state index in [1.807, 2.05) is 6.92 Å². The number of aryl methyl sites for hydroxylation is 1. The Morgan fingerprint density at radius 1 is 1.08 bits per heavy atom. The number of amides is 1. The average molecular weight is 532 g/mol. The van der Waals surface area contributed by atoms with Crippen LogP contribution in [0.15, 0.2) is 48.5 Å². The first-order valence-corrected chi connectivity index (χ1v) is 12.4. The fourth-order valence-electron chi connectivity index (χ4n) is 4.60. The fraction of sp³-hybridized carbons (Fsp3) is 0.345. The molecule has 5 rings (SSSR count). The van der Waals surface area contributed by atoms with Crippen LogP contribution in [-0.2, 0) is 10.9 Å². The van der Waals surface area contributed by atoms with Crippen LogP contribution < -0.4 is 10.1 Å². The lowest BCUT2D eigenvalue weighted by atomic mass is 9.95. The smallest absolute Gasteiger partial charge is 0.416 e. The number of hydrogen-bond donors (Lipinski definition) is 1. The van der Waals surface area contributed by atoms with E-state index in [1.165, 1.54) is 42.5 Å². The van der Waals surface area contributed by atoms with Gasteiger partial charge in [0.1, 0.15) is 23.1 Å². The molecule has 2 fully saturated rings. The maximum Gasteiger partial charge on any atom is 0.416 e. The molecule has 1 aliphatic heterocycles. The summed E-state index contributed by atoms with van der Waals surface area (Å²) in [6.45, 7) is 4.06. The second kappa shape index (κ2) is 10.0. The minimum atomic E-state index is -4.68. The SMILES string of the molecule is Cc1cc(F)ccc1Oc1cc(C2CC2)c(C(F)(F)F)cc1C(=O)Nc1ccc(F)c(C(C)CC2CO2)c1. The number of carbonyl (C=O) groups excluding carboxylic acids is 1. The fourth-order valence-corrected chi connectivity index (χ4v) is 4.60. The maximum absolute atomic E-state index is 14.5. The second-order valence-electron chi connectivity index (χ2n) is 10.0. The standard InChI is InChI=1S/C29H26F5NO3/c1-15(10-20-14-37-20)21-11-19(6-7-25(21)31)35-28(36)23-12-24(29(32,33)34)22(17-3-4-17)13-27(23)38-26-8-5-18(30)9-16(26)2/h5-9,11-13,15,17,20H,3-4,10,14H2,1-2H3,(H,35,36). The Labute approximate surface area is 216 Å². The van der Waals surface area contributed by atoms with Crippen LogP contribution >= 0.6 is 0 Å². The van der Waals surface area contributed by atoms with Crippen molar-refractivity contribution in [3.05, 3.63) is 88.0 Å². The number of anilines is 1. The third-order valence-corrected chi connectivity index (χ3v) is 6.88. The predicted molar refractivity (Wildman–Crippen MR) is 132 cm³/mol. The number of benzene rings is 3. The van der Waals surface area contributed by atoms with Crippen molar-refractivity contribution in [2.24, 2.45) is 0 Å². The molecule has 200 valence electrons. The number of hydrogen-bond acceptors (Lipinski definition) is 3. The number of alkyl halides is 3. The van der Waals surface area contributed by atoms with Gasteiger partial charge >= 0.3 is 6.18 Å². The summed E-state index contributed by atoms with van der Waals surface area (Å²) in [6.07, 6.45) is -2.79. The molecular formula is C29H26F5NO3. The van der Waals surface area contributed by atoms with Crippen LogP contribution in [0.1, 0.15) is 70.6 Å². The first kappa shape index (κ1) is 26.2. The first-order chi connectivity index (χ1) is 18.0. The van der Waals surface area contributed by atoms with Gasteiger partial charge in [0, 0.05) is 5.69 Å². The van der Waals surface area contributed by atoms with Crippen molar-refractivity contribution in [1.29, 1.82) is 0 Å². The van der Waals surface area contributed by atoms with Crippen molar-refractivity contribution in [1.82, 2.24) is 0 Å². The molecule has 3 aromatic carbocycles. The van der Waals surface area contributed by atoms with Gasteiger partial charge in [-0.25, -0.2) is 8.78 Å². The number of nitrogens with one attached hydrogen (secondary N) is 1. The third-order valence-electron chi connectivity index (χ3n) is 6.88. The Morgan fingerprint density at radius 2 is 1.82 bits per heavy atom. The Morgan fingerprint density at radius 3 is 2.45 bits per heavy atom. The molecule has 2 unspecified atom stereocenters. The van der Waals surface area contributed by atoms with Crippen LogP contribution in [0.25, 0.3) is 0 Å². The first-order valence-electron chi connectivity index (χ1n) is 12.4. The van der Waals surface area contributed by atoms with Gasteiger partial charge in [0.25, 0.3) is 5.91 Å². The molecule has 0 bridgehead atoms. The Bertz CT molecular complexity index is 1380. The molecule has 2 aliphatic rings. The van der Waals surface area contributed by atoms with Crippen LogP contribution in [0, 0.1) is 18.6 Å². The summed E-state index contributed by atoms with van der Waals surface area (Å²) >= 11 is 0. The van der Waals surface area contributed by atoms with Gasteiger partial charge in [-0.3, -0.25) is 4.79 Å². The van der Waals surface area contributed by atoms with E-state index < -0.39 is 29.3 Å². The van der Waals surface area contributed by atoms with Crippen LogP contribution in [-0.4, -0.2) is 18.6 Å². The van der Waals surface area contributed by atoms with Gasteiger partial charge in [-0.15, -0.1) is 0 Å². The largest absolute Gasteiger partial charge is 0.456 e. The lowest BCUT2D eigenvalue weighted by Gasteiger charge is -2.19. The highest BCUT2D eigenvalue weighted by Gasteiger charge is 2.40. The molecule has 0 aromatic heterocycles. The molecule has 1 N–H and O–H groups in total. The van der Waals surface area contributed by atoms with Gasteiger partial charge in [-0.2, -0.15) is 13.2 Å². The van der Waals surface area contributed by atoms with Crippen LogP contribution in [0.2, 0.25) is 0 Å². The van der Waals surface area contributed by atoms with E-state index in [-0.39, 0.29) is 46.3 Å². The zero-order valence-corrected chi connectivity index (χ0v) is 20.8. The molecule has 0 radical (unpaired) electrons. The number of rotatable bonds is 8. The molecule has 9 heteroatoms. The van der Waals surface area contributed by atoms with E-state index in [9.17, 15) is 26.7 Å². The van der Waals surface area contributed by atoms with Gasteiger partial charge in [0.15, 0.2) is 0 Å². The van der Waals surface area contributed by atoms with Crippen LogP contribution in [0.3, 0.4) is 0 Å². The van der Waals surface area contributed by atoms with E-state index in [0.717, 1.165) is 6.07 Å². The molecule has 2 atom stereocenters. The van der Waals surface area contributed by atoms with E-state index in [1.54, 1.807) is 6.92 Å². The van der Waals surface area contributed by atoms with Crippen molar-refractivity contribution in [2.45, 2.75) is 57.2 Å². The van der Waals surface area contributed by atoms with E-state index in [0.29, 0.717) is 37.0 Å². The normalized spacial score (nSPS) is 17.7.